The lowest BCUT2D eigenvalue weighted by atomic mass is 10.0. The first-order chi connectivity index (χ1) is 9.59. The molecule has 6 nitrogen and oxygen atoms in total. The van der Waals surface area contributed by atoms with Crippen LogP contribution in [-0.4, -0.2) is 66.8 Å². The van der Waals surface area contributed by atoms with E-state index in [1.54, 1.807) is 16.7 Å². The van der Waals surface area contributed by atoms with E-state index in [4.69, 9.17) is 4.74 Å². The number of cyclic esters (lactones) is 1. The maximum Gasteiger partial charge on any atom is 0.336 e. The Morgan fingerprint density at radius 1 is 1.35 bits per heavy atom. The molecule has 2 amide bonds. The van der Waals surface area contributed by atoms with E-state index in [9.17, 15) is 14.0 Å². The van der Waals surface area contributed by atoms with Gasteiger partial charge in [-0.2, -0.15) is 0 Å². The predicted molar refractivity (Wildman–Crippen MR) is 68.6 cm³/mol. The van der Waals surface area contributed by atoms with Crippen LogP contribution in [0.5, 0.6) is 0 Å². The molecule has 2 fully saturated rings. The zero-order chi connectivity index (χ0) is 14.3. The summed E-state index contributed by atoms with van der Waals surface area (Å²) in [5, 5.41) is 2.98. The van der Waals surface area contributed by atoms with Crippen molar-refractivity contribution >= 4 is 12.0 Å². The highest BCUT2D eigenvalue weighted by Crippen LogP contribution is 2.27. The second-order valence-electron chi connectivity index (χ2n) is 5.35. The third kappa shape index (κ3) is 2.06. The van der Waals surface area contributed by atoms with Crippen molar-refractivity contribution in [1.29, 1.82) is 0 Å². The quantitative estimate of drug-likeness (QED) is 0.738. The molecule has 0 saturated carbocycles. The van der Waals surface area contributed by atoms with E-state index in [-0.39, 0.29) is 31.2 Å². The Morgan fingerprint density at radius 2 is 2.15 bits per heavy atom. The molecule has 0 aromatic carbocycles. The lowest BCUT2D eigenvalue weighted by molar-refractivity contribution is -0.136. The summed E-state index contributed by atoms with van der Waals surface area (Å²) in [5.74, 6) is -0.378. The second kappa shape index (κ2) is 5.05. The Bertz CT molecular complexity index is 479. The summed E-state index contributed by atoms with van der Waals surface area (Å²) >= 11 is 0. The molecule has 0 aromatic rings. The molecule has 0 spiro atoms. The lowest BCUT2D eigenvalue weighted by Crippen LogP contribution is -2.52. The molecule has 3 heterocycles. The molecule has 0 bridgehead atoms. The highest BCUT2D eigenvalue weighted by atomic mass is 19.1. The lowest BCUT2D eigenvalue weighted by Gasteiger charge is -2.34. The Kier molecular flexibility index (Phi) is 3.37. The third-order valence-electron chi connectivity index (χ3n) is 4.22. The van der Waals surface area contributed by atoms with Crippen LogP contribution < -0.4 is 5.32 Å². The molecule has 2 atom stereocenters. The van der Waals surface area contributed by atoms with E-state index in [1.807, 2.05) is 0 Å². The predicted octanol–water partition coefficient (Wildman–Crippen LogP) is 0.255. The number of carbonyl (C=O) groups is 2. The molecular formula is C13H18FN3O3. The fourth-order valence-electron chi connectivity index (χ4n) is 3.02. The zero-order valence-corrected chi connectivity index (χ0v) is 11.4. The number of amides is 2. The fourth-order valence-corrected chi connectivity index (χ4v) is 3.02. The molecule has 0 aliphatic carbocycles. The first-order valence-corrected chi connectivity index (χ1v) is 6.89. The first kappa shape index (κ1) is 13.4. The number of halogens is 1. The normalized spacial score (nSPS) is 31.3. The zero-order valence-electron chi connectivity index (χ0n) is 11.4. The van der Waals surface area contributed by atoms with Crippen LogP contribution in [0.1, 0.15) is 13.3 Å². The molecule has 3 rings (SSSR count). The van der Waals surface area contributed by atoms with Gasteiger partial charge in [-0.05, 0) is 19.9 Å². The van der Waals surface area contributed by atoms with E-state index in [1.165, 1.54) is 0 Å². The van der Waals surface area contributed by atoms with Crippen molar-refractivity contribution in [2.75, 3.05) is 32.8 Å². The van der Waals surface area contributed by atoms with Crippen LogP contribution in [0, 0.1) is 0 Å². The van der Waals surface area contributed by atoms with E-state index in [0.29, 0.717) is 30.8 Å². The number of rotatable bonds is 2. The molecular weight excluding hydrogens is 265 g/mol. The molecule has 20 heavy (non-hydrogen) atoms. The van der Waals surface area contributed by atoms with Gasteiger partial charge < -0.3 is 15.0 Å². The minimum Gasteiger partial charge on any atom is -0.456 e. The number of nitrogens with zero attached hydrogens (tertiary/aromatic N) is 2. The molecule has 7 heteroatoms. The SMILES string of the molecule is CC1=C(N2CCN([C@@H]3CCNC[C@@H]3F)C2=O)COC1=O. The summed E-state index contributed by atoms with van der Waals surface area (Å²) in [6, 6.07) is -0.583. The number of nitrogens with one attached hydrogen (secondary N) is 1. The molecule has 1 N–H and O–H groups in total. The van der Waals surface area contributed by atoms with Crippen LogP contribution in [0.4, 0.5) is 9.18 Å². The van der Waals surface area contributed by atoms with Crippen LogP contribution in [0.15, 0.2) is 11.3 Å². The fraction of sp³-hybridized carbons (Fsp3) is 0.692. The van der Waals surface area contributed by atoms with Crippen molar-refractivity contribution in [2.24, 2.45) is 0 Å². The van der Waals surface area contributed by atoms with Gasteiger partial charge in [0.05, 0.1) is 17.3 Å². The van der Waals surface area contributed by atoms with E-state index >= 15 is 0 Å². The monoisotopic (exact) mass is 283 g/mol. The summed E-state index contributed by atoms with van der Waals surface area (Å²) in [6.45, 7) is 3.78. The van der Waals surface area contributed by atoms with Gasteiger partial charge >= 0.3 is 12.0 Å². The number of carbonyl (C=O) groups excluding carboxylic acids is 2. The average molecular weight is 283 g/mol. The Hall–Kier alpha value is -1.63. The van der Waals surface area contributed by atoms with E-state index in [0.717, 1.165) is 6.54 Å². The van der Waals surface area contributed by atoms with Crippen molar-refractivity contribution in [3.63, 3.8) is 0 Å². The summed E-state index contributed by atoms with van der Waals surface area (Å²) < 4.78 is 18.9. The molecule has 0 aromatic heterocycles. The molecule has 0 unspecified atom stereocenters. The Balaban J connectivity index is 1.76. The highest BCUT2D eigenvalue weighted by Gasteiger charge is 2.41. The van der Waals surface area contributed by atoms with Gasteiger partial charge in [-0.25, -0.2) is 14.0 Å². The number of esters is 1. The van der Waals surface area contributed by atoms with Crippen LogP contribution in [0.2, 0.25) is 0 Å². The second-order valence-corrected chi connectivity index (χ2v) is 5.35. The van der Waals surface area contributed by atoms with Gasteiger partial charge in [0.15, 0.2) is 0 Å². The summed E-state index contributed by atoms with van der Waals surface area (Å²) in [5.41, 5.74) is 1.09. The van der Waals surface area contributed by atoms with Gasteiger partial charge in [-0.3, -0.25) is 4.90 Å². The third-order valence-corrected chi connectivity index (χ3v) is 4.22. The molecule has 3 aliphatic heterocycles. The van der Waals surface area contributed by atoms with E-state index in [2.05, 4.69) is 5.32 Å². The van der Waals surface area contributed by atoms with Crippen molar-refractivity contribution < 1.29 is 18.7 Å². The Morgan fingerprint density at radius 3 is 2.80 bits per heavy atom. The van der Waals surface area contributed by atoms with Crippen LogP contribution >= 0.6 is 0 Å². The summed E-state index contributed by atoms with van der Waals surface area (Å²) in [7, 11) is 0. The van der Waals surface area contributed by atoms with Gasteiger partial charge in [0.2, 0.25) is 0 Å². The number of piperidine rings is 1. The summed E-state index contributed by atoms with van der Waals surface area (Å²) in [4.78, 5) is 27.0. The summed E-state index contributed by atoms with van der Waals surface area (Å²) in [6.07, 6.45) is -0.419. The number of urea groups is 1. The van der Waals surface area contributed by atoms with E-state index < -0.39 is 6.17 Å². The largest absolute Gasteiger partial charge is 0.456 e. The molecule has 2 saturated heterocycles. The minimum absolute atomic E-state index is 0.134. The first-order valence-electron chi connectivity index (χ1n) is 6.89. The van der Waals surface area contributed by atoms with Gasteiger partial charge in [0.25, 0.3) is 0 Å². The number of ether oxygens (including phenoxy) is 1. The van der Waals surface area contributed by atoms with Crippen LogP contribution in [0.25, 0.3) is 0 Å². The van der Waals surface area contributed by atoms with Crippen molar-refractivity contribution in [1.82, 2.24) is 15.1 Å². The van der Waals surface area contributed by atoms with Gasteiger partial charge in [0, 0.05) is 19.6 Å². The Labute approximate surface area is 116 Å². The number of hydrogen-bond donors (Lipinski definition) is 1. The van der Waals surface area contributed by atoms with Crippen molar-refractivity contribution in [3.05, 3.63) is 11.3 Å². The number of alkyl halides is 1. The molecule has 110 valence electrons. The van der Waals surface area contributed by atoms with Crippen LogP contribution in [-0.2, 0) is 9.53 Å². The van der Waals surface area contributed by atoms with Crippen LogP contribution in [0.3, 0.4) is 0 Å². The highest BCUT2D eigenvalue weighted by molar-refractivity contribution is 5.92. The maximum absolute atomic E-state index is 14.0. The van der Waals surface area contributed by atoms with Crippen molar-refractivity contribution in [2.45, 2.75) is 25.6 Å². The minimum atomic E-state index is -1.04. The van der Waals surface area contributed by atoms with Gasteiger partial charge in [-0.1, -0.05) is 0 Å². The molecule has 3 aliphatic rings. The smallest absolute Gasteiger partial charge is 0.336 e. The standard InChI is InChI=1S/C13H18FN3O3/c1-8-11(7-20-12(8)18)17-5-4-16(13(17)19)10-2-3-15-6-9(10)14/h9-10,15H,2-7H2,1H3/t9-,10+/m0/s1. The maximum atomic E-state index is 14.0. The van der Waals surface area contributed by atoms with Gasteiger partial charge in [-0.15, -0.1) is 0 Å². The molecule has 0 radical (unpaired) electrons. The van der Waals surface area contributed by atoms with Crippen molar-refractivity contribution in [3.8, 4) is 0 Å². The van der Waals surface area contributed by atoms with Gasteiger partial charge in [0.1, 0.15) is 12.8 Å². The average Bonchev–Trinajstić information content (AvgIpc) is 2.95. The number of hydrogen-bond acceptors (Lipinski definition) is 4. The topological polar surface area (TPSA) is 61.9 Å².